The number of hydrogen-bond donors (Lipinski definition) is 4. The van der Waals surface area contributed by atoms with Crippen LogP contribution in [-0.2, 0) is 19.1 Å². The van der Waals surface area contributed by atoms with Crippen LogP contribution in [0.3, 0.4) is 0 Å². The van der Waals surface area contributed by atoms with E-state index in [1.165, 1.54) is 0 Å². The molecule has 0 aliphatic heterocycles. The Morgan fingerprint density at radius 2 is 1.11 bits per heavy atom. The predicted octanol–water partition coefficient (Wildman–Crippen LogP) is 1.57. The molecule has 0 aromatic carbocycles. The number of rotatable bonds is 6. The van der Waals surface area contributed by atoms with Gasteiger partial charge in [0.2, 0.25) is 0 Å². The van der Waals surface area contributed by atoms with Gasteiger partial charge in [-0.1, -0.05) is 0 Å². The molecule has 19 heavy (non-hydrogen) atoms. The second-order valence-corrected chi connectivity index (χ2v) is 7.09. The van der Waals surface area contributed by atoms with Gasteiger partial charge in [0.25, 0.3) is 0 Å². The van der Waals surface area contributed by atoms with Crippen LogP contribution in [0.1, 0.15) is 0 Å². The van der Waals surface area contributed by atoms with Crippen molar-refractivity contribution in [1.29, 1.82) is 0 Å². The molecule has 9 heteroatoms. The molecular weight excluding hydrogens is 431 g/mol. The fourth-order valence-electron chi connectivity index (χ4n) is 0.410. The molecule has 0 amide bonds. The van der Waals surface area contributed by atoms with Crippen molar-refractivity contribution in [2.75, 3.05) is 36.2 Å². The molecule has 0 heterocycles. The molecule has 2 radical (unpaired) electrons. The summed E-state index contributed by atoms with van der Waals surface area (Å²) in [4.78, 5) is 25.1. The van der Waals surface area contributed by atoms with Crippen LogP contribution in [0.25, 0.3) is 0 Å². The Balaban J connectivity index is -0.000000224. The van der Waals surface area contributed by atoms with Gasteiger partial charge in [0.05, 0.1) is 11.5 Å². The molecule has 0 aliphatic rings. The zero-order chi connectivity index (χ0) is 15.5. The van der Waals surface area contributed by atoms with E-state index >= 15 is 0 Å². The summed E-state index contributed by atoms with van der Waals surface area (Å²) >= 11 is 15.3. The van der Waals surface area contributed by atoms with Crippen LogP contribution in [0.2, 0.25) is 9.88 Å². The van der Waals surface area contributed by atoms with Gasteiger partial charge >= 0.3 is 43.0 Å². The topological polar surface area (TPSA) is 52.6 Å². The third-order valence-corrected chi connectivity index (χ3v) is 1.85. The van der Waals surface area contributed by atoms with Crippen molar-refractivity contribution in [3.05, 3.63) is 0 Å². The Morgan fingerprint density at radius 1 is 0.842 bits per heavy atom. The molecule has 0 aliphatic carbocycles. The van der Waals surface area contributed by atoms with E-state index in [0.717, 1.165) is 0 Å². The number of carbonyl (C=O) groups excluding carboxylic acids is 2. The third kappa shape index (κ3) is 32.6. The summed E-state index contributed by atoms with van der Waals surface area (Å²) in [5.41, 5.74) is 0. The van der Waals surface area contributed by atoms with Crippen molar-refractivity contribution in [3.8, 4) is 0 Å². The normalized spacial score (nSPS) is 8.32. The average Bonchev–Trinajstić information content (AvgIpc) is 2.43. The van der Waals surface area contributed by atoms with Gasteiger partial charge in [-0.15, -0.1) is 0 Å². The first-order valence-corrected chi connectivity index (χ1v) is 13.6. The molecule has 0 unspecified atom stereocenters. The van der Waals surface area contributed by atoms with Crippen molar-refractivity contribution in [2.45, 2.75) is 9.88 Å². The van der Waals surface area contributed by atoms with Gasteiger partial charge in [0.1, 0.15) is 13.2 Å². The fourth-order valence-corrected chi connectivity index (χ4v) is 0.775. The summed E-state index contributed by atoms with van der Waals surface area (Å²) in [6.07, 6.45) is 0. The number of esters is 2. The van der Waals surface area contributed by atoms with Crippen LogP contribution in [0.5, 0.6) is 0 Å². The van der Waals surface area contributed by atoms with Gasteiger partial charge in [-0.2, -0.15) is 50.5 Å². The van der Waals surface area contributed by atoms with Crippen molar-refractivity contribution in [2.24, 2.45) is 0 Å². The summed E-state index contributed by atoms with van der Waals surface area (Å²) in [6, 6.07) is 0. The minimum absolute atomic E-state index is 0.147. The van der Waals surface area contributed by atoms with Crippen LogP contribution in [0, 0.1) is 0 Å². The summed E-state index contributed by atoms with van der Waals surface area (Å²) in [5.74, 6) is 0.852. The van der Waals surface area contributed by atoms with E-state index in [0.29, 0.717) is 24.7 Å². The van der Waals surface area contributed by atoms with Crippen LogP contribution < -0.4 is 0 Å². The van der Waals surface area contributed by atoms with Gasteiger partial charge in [-0.25, -0.2) is 0 Å². The number of ether oxygens (including phenoxy) is 2. The first-order valence-electron chi connectivity index (χ1n) is 5.37. The standard InChI is InChI=1S/2C4H8O2S2.2CH3.Sn/c2*5-4(3-8)6-1-2-7;;;/h2*7-8H,1-3H2;2*1H3;. The quantitative estimate of drug-likeness (QED) is 0.280. The molecule has 0 spiro atoms. The molecular formula is C10H22O4S4Sn. The number of carbonyl (C=O) groups is 2. The van der Waals surface area contributed by atoms with E-state index in [-0.39, 0.29) is 44.6 Å². The van der Waals surface area contributed by atoms with E-state index in [1.807, 2.05) is 0 Å². The Hall–Kier alpha value is 1.14. The summed E-state index contributed by atoms with van der Waals surface area (Å²) < 4.78 is 9.10. The van der Waals surface area contributed by atoms with Crippen molar-refractivity contribution in [3.63, 3.8) is 0 Å². The van der Waals surface area contributed by atoms with Crippen LogP contribution in [-0.4, -0.2) is 69.3 Å². The minimum atomic E-state index is -0.289. The monoisotopic (exact) mass is 454 g/mol. The first kappa shape index (κ1) is 25.1. The van der Waals surface area contributed by atoms with Gasteiger partial charge in [-0.05, 0) is 0 Å². The van der Waals surface area contributed by atoms with Crippen molar-refractivity contribution < 1.29 is 19.1 Å². The molecule has 0 aromatic heterocycles. The molecule has 0 atom stereocenters. The Kier molecular flexibility index (Phi) is 32.0. The molecule has 4 nitrogen and oxygen atoms in total. The van der Waals surface area contributed by atoms with Gasteiger partial charge in [0, 0.05) is 11.5 Å². The Morgan fingerprint density at radius 3 is 1.26 bits per heavy atom. The molecule has 114 valence electrons. The van der Waals surface area contributed by atoms with Gasteiger partial charge in [-0.3, -0.25) is 9.59 Å². The number of hydrogen-bond acceptors (Lipinski definition) is 8. The zero-order valence-electron chi connectivity index (χ0n) is 11.2. The molecule has 0 saturated carbocycles. The van der Waals surface area contributed by atoms with Crippen LogP contribution in [0.15, 0.2) is 0 Å². The van der Waals surface area contributed by atoms with Gasteiger partial charge < -0.3 is 9.47 Å². The summed E-state index contributed by atoms with van der Waals surface area (Å²) in [7, 11) is 0. The van der Waals surface area contributed by atoms with E-state index in [4.69, 9.17) is 0 Å². The average molecular weight is 453 g/mol. The van der Waals surface area contributed by atoms with Crippen molar-refractivity contribution in [1.82, 2.24) is 0 Å². The maximum atomic E-state index is 10.2. The zero-order valence-corrected chi connectivity index (χ0v) is 17.6. The molecule has 0 aromatic rings. The molecule has 0 bridgehead atoms. The molecule has 0 saturated heterocycles. The van der Waals surface area contributed by atoms with E-state index in [2.05, 4.69) is 69.9 Å². The summed E-state index contributed by atoms with van der Waals surface area (Å²) in [6.45, 7) is 0.755. The van der Waals surface area contributed by atoms with Crippen LogP contribution in [0.4, 0.5) is 0 Å². The van der Waals surface area contributed by atoms with Crippen LogP contribution >= 0.6 is 50.5 Å². The van der Waals surface area contributed by atoms with E-state index < -0.39 is 0 Å². The fraction of sp³-hybridized carbons (Fsp3) is 0.800. The Bertz CT molecular complexity index is 188. The van der Waals surface area contributed by atoms with Crippen molar-refractivity contribution >= 4 is 83.6 Å². The first-order chi connectivity index (χ1) is 9.03. The second-order valence-electron chi connectivity index (χ2n) is 2.70. The van der Waals surface area contributed by atoms with Gasteiger partial charge in [0.15, 0.2) is 0 Å². The third-order valence-electron chi connectivity index (χ3n) is 0.967. The Labute approximate surface area is 148 Å². The molecule has 0 fully saturated rings. The van der Waals surface area contributed by atoms with E-state index in [9.17, 15) is 9.59 Å². The number of thiol groups is 4. The molecule has 0 N–H and O–H groups in total. The second kappa shape index (κ2) is 24.2. The predicted molar refractivity (Wildman–Crippen MR) is 94.8 cm³/mol. The maximum absolute atomic E-state index is 10.2. The SMILES string of the molecule is O=C(CS)OCCS.O=C(CS)OCCS.[CH3][Sn][CH3]. The molecule has 0 rings (SSSR count). The summed E-state index contributed by atoms with van der Waals surface area (Å²) in [5, 5.41) is 0. The van der Waals surface area contributed by atoms with E-state index in [1.54, 1.807) is 0 Å².